The Labute approximate surface area is 106 Å². The monoisotopic (exact) mass is 254 g/mol. The summed E-state index contributed by atoms with van der Waals surface area (Å²) >= 11 is 1.52. The standard InChI is InChI=1S/C13H18O3S/c1-10(2)9-16-7-8-17-12-6-4-3-5-11(12)13(14)15/h3-6,10H,7-9H2,1-2H3,(H,14,15). The van der Waals surface area contributed by atoms with E-state index in [1.54, 1.807) is 12.1 Å². The number of aromatic carboxylic acids is 1. The first kappa shape index (κ1) is 14.1. The van der Waals surface area contributed by atoms with Gasteiger partial charge in [0, 0.05) is 17.3 Å². The smallest absolute Gasteiger partial charge is 0.336 e. The van der Waals surface area contributed by atoms with Crippen molar-refractivity contribution in [2.45, 2.75) is 18.7 Å². The van der Waals surface area contributed by atoms with Crippen LogP contribution in [0.3, 0.4) is 0 Å². The molecule has 0 aliphatic carbocycles. The van der Waals surface area contributed by atoms with Crippen molar-refractivity contribution in [3.05, 3.63) is 29.8 Å². The second kappa shape index (κ2) is 7.35. The maximum absolute atomic E-state index is 11.0. The molecule has 0 amide bonds. The Balaban J connectivity index is 2.39. The van der Waals surface area contributed by atoms with Crippen molar-refractivity contribution in [3.63, 3.8) is 0 Å². The molecule has 94 valence electrons. The van der Waals surface area contributed by atoms with Gasteiger partial charge in [-0.2, -0.15) is 0 Å². The van der Waals surface area contributed by atoms with Crippen molar-refractivity contribution in [3.8, 4) is 0 Å². The van der Waals surface area contributed by atoms with Gasteiger partial charge in [0.05, 0.1) is 12.2 Å². The molecule has 17 heavy (non-hydrogen) atoms. The topological polar surface area (TPSA) is 46.5 Å². The van der Waals surface area contributed by atoms with Crippen LogP contribution in [-0.2, 0) is 4.74 Å². The van der Waals surface area contributed by atoms with Crippen molar-refractivity contribution in [2.24, 2.45) is 5.92 Å². The van der Waals surface area contributed by atoms with Gasteiger partial charge < -0.3 is 9.84 Å². The highest BCUT2D eigenvalue weighted by Crippen LogP contribution is 2.22. The third-order valence-corrected chi connectivity index (χ3v) is 3.09. The molecule has 0 bridgehead atoms. The van der Waals surface area contributed by atoms with Gasteiger partial charge in [0.2, 0.25) is 0 Å². The van der Waals surface area contributed by atoms with E-state index in [1.165, 1.54) is 11.8 Å². The van der Waals surface area contributed by atoms with Crippen molar-refractivity contribution >= 4 is 17.7 Å². The summed E-state index contributed by atoms with van der Waals surface area (Å²) in [7, 11) is 0. The second-order valence-corrected chi connectivity index (χ2v) is 5.26. The fraction of sp³-hybridized carbons (Fsp3) is 0.462. The Morgan fingerprint density at radius 3 is 2.76 bits per heavy atom. The third kappa shape index (κ3) is 5.24. The van der Waals surface area contributed by atoms with Gasteiger partial charge in [-0.05, 0) is 18.1 Å². The van der Waals surface area contributed by atoms with Crippen LogP contribution in [0.1, 0.15) is 24.2 Å². The van der Waals surface area contributed by atoms with Crippen molar-refractivity contribution in [1.29, 1.82) is 0 Å². The van der Waals surface area contributed by atoms with Crippen LogP contribution in [0.2, 0.25) is 0 Å². The summed E-state index contributed by atoms with van der Waals surface area (Å²) in [4.78, 5) is 11.8. The molecule has 0 atom stereocenters. The van der Waals surface area contributed by atoms with E-state index < -0.39 is 5.97 Å². The molecule has 0 aromatic heterocycles. The molecule has 0 fully saturated rings. The first-order valence-electron chi connectivity index (χ1n) is 5.64. The molecule has 0 saturated heterocycles. The zero-order valence-electron chi connectivity index (χ0n) is 10.2. The number of benzene rings is 1. The lowest BCUT2D eigenvalue weighted by Crippen LogP contribution is -2.05. The number of thioether (sulfide) groups is 1. The lowest BCUT2D eigenvalue weighted by Gasteiger charge is -2.07. The van der Waals surface area contributed by atoms with Gasteiger partial charge in [0.25, 0.3) is 0 Å². The molecule has 4 heteroatoms. The van der Waals surface area contributed by atoms with Gasteiger partial charge >= 0.3 is 5.97 Å². The predicted molar refractivity (Wildman–Crippen MR) is 69.8 cm³/mol. The minimum Gasteiger partial charge on any atom is -0.478 e. The van der Waals surface area contributed by atoms with Crippen LogP contribution in [0.15, 0.2) is 29.2 Å². The van der Waals surface area contributed by atoms with E-state index >= 15 is 0 Å². The molecule has 1 aromatic rings. The average Bonchev–Trinajstić information content (AvgIpc) is 2.28. The molecule has 0 unspecified atom stereocenters. The van der Waals surface area contributed by atoms with Gasteiger partial charge in [0.1, 0.15) is 0 Å². The van der Waals surface area contributed by atoms with Gasteiger partial charge in [-0.15, -0.1) is 11.8 Å². The number of ether oxygens (including phenoxy) is 1. The minimum absolute atomic E-state index is 0.362. The first-order chi connectivity index (χ1) is 8.11. The SMILES string of the molecule is CC(C)COCCSc1ccccc1C(=O)O. The molecule has 0 aliphatic heterocycles. The predicted octanol–water partition coefficient (Wildman–Crippen LogP) is 3.15. The number of carboxylic acids is 1. The molecule has 0 radical (unpaired) electrons. The van der Waals surface area contributed by atoms with Crippen LogP contribution < -0.4 is 0 Å². The van der Waals surface area contributed by atoms with E-state index in [1.807, 2.05) is 12.1 Å². The molecule has 0 aliphatic rings. The zero-order valence-corrected chi connectivity index (χ0v) is 11.0. The van der Waals surface area contributed by atoms with Crippen molar-refractivity contribution < 1.29 is 14.6 Å². The van der Waals surface area contributed by atoms with Gasteiger partial charge in [-0.1, -0.05) is 26.0 Å². The molecule has 0 heterocycles. The lowest BCUT2D eigenvalue weighted by atomic mass is 10.2. The molecule has 0 spiro atoms. The quantitative estimate of drug-likeness (QED) is 0.600. The van der Waals surface area contributed by atoms with E-state index in [2.05, 4.69) is 13.8 Å². The Hall–Kier alpha value is -1.00. The van der Waals surface area contributed by atoms with E-state index in [-0.39, 0.29) is 0 Å². The van der Waals surface area contributed by atoms with Crippen LogP contribution in [-0.4, -0.2) is 30.0 Å². The highest BCUT2D eigenvalue weighted by atomic mass is 32.2. The van der Waals surface area contributed by atoms with E-state index in [4.69, 9.17) is 9.84 Å². The molecule has 1 N–H and O–H groups in total. The van der Waals surface area contributed by atoms with Crippen LogP contribution in [0, 0.1) is 5.92 Å². The summed E-state index contributed by atoms with van der Waals surface area (Å²) in [6.07, 6.45) is 0. The summed E-state index contributed by atoms with van der Waals surface area (Å²) in [5.41, 5.74) is 0.362. The van der Waals surface area contributed by atoms with E-state index in [0.29, 0.717) is 18.1 Å². The number of carboxylic acid groups (broad SMARTS) is 1. The Morgan fingerprint density at radius 2 is 2.12 bits per heavy atom. The van der Waals surface area contributed by atoms with E-state index in [0.717, 1.165) is 17.3 Å². The number of rotatable bonds is 7. The summed E-state index contributed by atoms with van der Waals surface area (Å²) in [5.74, 6) is 0.430. The summed E-state index contributed by atoms with van der Waals surface area (Å²) in [6, 6.07) is 7.04. The Bertz CT molecular complexity index is 363. The fourth-order valence-corrected chi connectivity index (χ4v) is 2.21. The van der Waals surface area contributed by atoms with Crippen molar-refractivity contribution in [2.75, 3.05) is 19.0 Å². The number of carbonyl (C=O) groups is 1. The minimum atomic E-state index is -0.879. The lowest BCUT2D eigenvalue weighted by molar-refractivity contribution is 0.0693. The van der Waals surface area contributed by atoms with Gasteiger partial charge in [-0.3, -0.25) is 0 Å². The molecule has 1 aromatic carbocycles. The molecule has 0 saturated carbocycles. The number of hydrogen-bond donors (Lipinski definition) is 1. The largest absolute Gasteiger partial charge is 0.478 e. The summed E-state index contributed by atoms with van der Waals surface area (Å²) < 4.78 is 5.45. The van der Waals surface area contributed by atoms with Crippen LogP contribution in [0.4, 0.5) is 0 Å². The fourth-order valence-electron chi connectivity index (χ4n) is 1.30. The van der Waals surface area contributed by atoms with Crippen molar-refractivity contribution in [1.82, 2.24) is 0 Å². The molecular weight excluding hydrogens is 236 g/mol. The van der Waals surface area contributed by atoms with E-state index in [9.17, 15) is 4.79 Å². The summed E-state index contributed by atoms with van der Waals surface area (Å²) in [6.45, 7) is 5.61. The Kier molecular flexibility index (Phi) is 6.08. The zero-order chi connectivity index (χ0) is 12.7. The maximum atomic E-state index is 11.0. The normalized spacial score (nSPS) is 10.8. The third-order valence-electron chi connectivity index (χ3n) is 2.05. The highest BCUT2D eigenvalue weighted by Gasteiger charge is 2.08. The number of hydrogen-bond acceptors (Lipinski definition) is 3. The Morgan fingerprint density at radius 1 is 1.41 bits per heavy atom. The average molecular weight is 254 g/mol. The van der Waals surface area contributed by atoms with Gasteiger partial charge in [0.15, 0.2) is 0 Å². The first-order valence-corrected chi connectivity index (χ1v) is 6.62. The highest BCUT2D eigenvalue weighted by molar-refractivity contribution is 7.99. The molecule has 3 nitrogen and oxygen atoms in total. The molecule has 1 rings (SSSR count). The second-order valence-electron chi connectivity index (χ2n) is 4.12. The van der Waals surface area contributed by atoms with Crippen LogP contribution >= 0.6 is 11.8 Å². The molecular formula is C13H18O3S. The summed E-state index contributed by atoms with van der Waals surface area (Å²) in [5, 5.41) is 9.00. The van der Waals surface area contributed by atoms with Crippen LogP contribution in [0.5, 0.6) is 0 Å². The van der Waals surface area contributed by atoms with Crippen LogP contribution in [0.25, 0.3) is 0 Å². The maximum Gasteiger partial charge on any atom is 0.336 e. The van der Waals surface area contributed by atoms with Gasteiger partial charge in [-0.25, -0.2) is 4.79 Å².